The lowest BCUT2D eigenvalue weighted by Gasteiger charge is -2.23. The fraction of sp³-hybridized carbons (Fsp3) is 0.476. The van der Waals surface area contributed by atoms with E-state index in [-0.39, 0.29) is 17.9 Å². The van der Waals surface area contributed by atoms with E-state index in [2.05, 4.69) is 18.2 Å². The summed E-state index contributed by atoms with van der Waals surface area (Å²) in [7, 11) is 1.67. The summed E-state index contributed by atoms with van der Waals surface area (Å²) in [6.07, 6.45) is 2.28. The summed E-state index contributed by atoms with van der Waals surface area (Å²) in [5.74, 6) is 2.07. The molecule has 2 aromatic carbocycles. The van der Waals surface area contributed by atoms with Crippen LogP contribution < -0.4 is 10.5 Å². The van der Waals surface area contributed by atoms with Crippen molar-refractivity contribution >= 4 is 16.7 Å². The van der Waals surface area contributed by atoms with E-state index in [4.69, 9.17) is 10.5 Å². The molecular formula is C21H26N2O2. The van der Waals surface area contributed by atoms with Gasteiger partial charge < -0.3 is 15.4 Å². The zero-order valence-electron chi connectivity index (χ0n) is 14.9. The van der Waals surface area contributed by atoms with E-state index in [1.165, 1.54) is 6.42 Å². The molecule has 4 atom stereocenters. The van der Waals surface area contributed by atoms with Gasteiger partial charge in [-0.25, -0.2) is 0 Å². The van der Waals surface area contributed by atoms with Gasteiger partial charge in [0, 0.05) is 19.1 Å². The van der Waals surface area contributed by atoms with Crippen molar-refractivity contribution in [2.45, 2.75) is 31.7 Å². The third-order valence-electron chi connectivity index (χ3n) is 6.17. The minimum atomic E-state index is -0.124. The van der Waals surface area contributed by atoms with E-state index in [0.29, 0.717) is 11.8 Å². The predicted octanol–water partition coefficient (Wildman–Crippen LogP) is 3.15. The van der Waals surface area contributed by atoms with Crippen molar-refractivity contribution in [3.05, 3.63) is 42.0 Å². The van der Waals surface area contributed by atoms with Gasteiger partial charge in [0.05, 0.1) is 13.0 Å². The molecule has 1 heterocycles. The van der Waals surface area contributed by atoms with Gasteiger partial charge in [-0.2, -0.15) is 0 Å². The number of amides is 1. The second-order valence-corrected chi connectivity index (χ2v) is 7.60. The molecule has 132 valence electrons. The second-order valence-electron chi connectivity index (χ2n) is 7.60. The summed E-state index contributed by atoms with van der Waals surface area (Å²) in [6.45, 7) is 3.73. The van der Waals surface area contributed by atoms with Crippen LogP contribution in [0, 0.1) is 11.8 Å². The molecule has 4 unspecified atom stereocenters. The van der Waals surface area contributed by atoms with Crippen LogP contribution >= 0.6 is 0 Å². The maximum atomic E-state index is 13.0. The predicted molar refractivity (Wildman–Crippen MR) is 99.7 cm³/mol. The Kier molecular flexibility index (Phi) is 4.16. The van der Waals surface area contributed by atoms with Crippen LogP contribution in [-0.2, 0) is 4.79 Å². The van der Waals surface area contributed by atoms with E-state index in [1.54, 1.807) is 7.11 Å². The molecule has 4 nitrogen and oxygen atoms in total. The second kappa shape index (κ2) is 6.34. The Morgan fingerprint density at radius 3 is 2.68 bits per heavy atom. The quantitative estimate of drug-likeness (QED) is 0.935. The normalized spacial score (nSPS) is 26.7. The molecule has 1 aliphatic heterocycles. The first-order chi connectivity index (χ1) is 12.1. The molecular weight excluding hydrogens is 312 g/mol. The highest BCUT2D eigenvalue weighted by molar-refractivity contribution is 5.88. The largest absolute Gasteiger partial charge is 0.497 e. The Morgan fingerprint density at radius 1 is 1.16 bits per heavy atom. The molecule has 2 aliphatic rings. The first kappa shape index (κ1) is 16.4. The van der Waals surface area contributed by atoms with E-state index >= 15 is 0 Å². The summed E-state index contributed by atoms with van der Waals surface area (Å²) in [5, 5.41) is 2.27. The summed E-state index contributed by atoms with van der Waals surface area (Å²) >= 11 is 0. The minimum Gasteiger partial charge on any atom is -0.497 e. The smallest absolute Gasteiger partial charge is 0.229 e. The Hall–Kier alpha value is -2.07. The van der Waals surface area contributed by atoms with Crippen LogP contribution in [0.15, 0.2) is 36.4 Å². The molecule has 4 heteroatoms. The van der Waals surface area contributed by atoms with Crippen LogP contribution in [0.3, 0.4) is 0 Å². The van der Waals surface area contributed by atoms with E-state index < -0.39 is 0 Å². The van der Waals surface area contributed by atoms with Crippen LogP contribution in [0.25, 0.3) is 10.8 Å². The summed E-state index contributed by atoms with van der Waals surface area (Å²) in [6, 6.07) is 12.6. The monoisotopic (exact) mass is 338 g/mol. The molecule has 4 rings (SSSR count). The van der Waals surface area contributed by atoms with Crippen LogP contribution in [0.4, 0.5) is 0 Å². The number of methoxy groups -OCH3 is 1. The SMILES string of the molecule is COc1ccc2cc(C(C)C(=O)N3CC4CCC(N)C4C3)ccc2c1. The van der Waals surface area contributed by atoms with Gasteiger partial charge in [-0.05, 0) is 60.1 Å². The van der Waals surface area contributed by atoms with Crippen molar-refractivity contribution in [1.82, 2.24) is 4.90 Å². The highest BCUT2D eigenvalue weighted by Gasteiger charge is 2.43. The molecule has 1 saturated heterocycles. The van der Waals surface area contributed by atoms with Crippen LogP contribution in [0.2, 0.25) is 0 Å². The first-order valence-electron chi connectivity index (χ1n) is 9.19. The maximum absolute atomic E-state index is 13.0. The van der Waals surface area contributed by atoms with Crippen molar-refractivity contribution in [1.29, 1.82) is 0 Å². The van der Waals surface area contributed by atoms with Gasteiger partial charge in [0.1, 0.15) is 5.75 Å². The molecule has 1 amide bonds. The number of benzene rings is 2. The number of nitrogens with zero attached hydrogens (tertiary/aromatic N) is 1. The standard InChI is InChI=1S/C21H26N2O2/c1-13(21(24)23-11-17-6-8-20(22)19(17)12-23)14-3-4-16-10-18(25-2)7-5-15(16)9-14/h3-5,7,9-10,13,17,19-20H,6,8,11-12,22H2,1-2H3. The zero-order chi connectivity index (χ0) is 17.6. The number of hydrogen-bond donors (Lipinski definition) is 1. The van der Waals surface area contributed by atoms with Crippen molar-refractivity contribution in [3.63, 3.8) is 0 Å². The number of rotatable bonds is 3. The number of carbonyl (C=O) groups is 1. The summed E-state index contributed by atoms with van der Waals surface area (Å²) < 4.78 is 5.28. The number of carbonyl (C=O) groups excluding carboxylic acids is 1. The van der Waals surface area contributed by atoms with Gasteiger partial charge in [0.15, 0.2) is 0 Å². The molecule has 0 radical (unpaired) electrons. The highest BCUT2D eigenvalue weighted by Crippen LogP contribution is 2.38. The highest BCUT2D eigenvalue weighted by atomic mass is 16.5. The number of nitrogens with two attached hydrogens (primary N) is 1. The summed E-state index contributed by atoms with van der Waals surface area (Å²) in [5.41, 5.74) is 7.28. The van der Waals surface area contributed by atoms with Crippen LogP contribution in [0.1, 0.15) is 31.2 Å². The maximum Gasteiger partial charge on any atom is 0.229 e. The van der Waals surface area contributed by atoms with Crippen LogP contribution in [-0.4, -0.2) is 37.0 Å². The third-order valence-corrected chi connectivity index (χ3v) is 6.17. The van der Waals surface area contributed by atoms with Gasteiger partial charge in [0.25, 0.3) is 0 Å². The Balaban J connectivity index is 1.53. The molecule has 25 heavy (non-hydrogen) atoms. The van der Waals surface area contributed by atoms with Gasteiger partial charge in [-0.3, -0.25) is 4.79 Å². The van der Waals surface area contributed by atoms with Crippen molar-refractivity contribution in [3.8, 4) is 5.75 Å². The van der Waals surface area contributed by atoms with Crippen LogP contribution in [0.5, 0.6) is 5.75 Å². The lowest BCUT2D eigenvalue weighted by Crippen LogP contribution is -2.35. The van der Waals surface area contributed by atoms with Crippen molar-refractivity contribution in [2.24, 2.45) is 17.6 Å². The minimum absolute atomic E-state index is 0.124. The molecule has 0 bridgehead atoms. The van der Waals surface area contributed by atoms with Crippen molar-refractivity contribution < 1.29 is 9.53 Å². The molecule has 2 fully saturated rings. The summed E-state index contributed by atoms with van der Waals surface area (Å²) in [4.78, 5) is 15.0. The van der Waals surface area contributed by atoms with Crippen molar-refractivity contribution in [2.75, 3.05) is 20.2 Å². The third kappa shape index (κ3) is 2.89. The fourth-order valence-corrected chi connectivity index (χ4v) is 4.54. The van der Waals surface area contributed by atoms with Gasteiger partial charge in [0.2, 0.25) is 5.91 Å². The van der Waals surface area contributed by atoms with E-state index in [1.807, 2.05) is 30.0 Å². The van der Waals surface area contributed by atoms with Gasteiger partial charge in [-0.1, -0.05) is 24.3 Å². The molecule has 2 N–H and O–H groups in total. The van der Waals surface area contributed by atoms with E-state index in [9.17, 15) is 4.79 Å². The fourth-order valence-electron chi connectivity index (χ4n) is 4.54. The first-order valence-corrected chi connectivity index (χ1v) is 9.19. The number of fused-ring (bicyclic) bond motifs is 2. The zero-order valence-corrected chi connectivity index (χ0v) is 14.9. The molecule has 0 aromatic heterocycles. The molecule has 2 aromatic rings. The topological polar surface area (TPSA) is 55.6 Å². The Bertz CT molecular complexity index is 804. The molecule has 1 saturated carbocycles. The average Bonchev–Trinajstić information content (AvgIpc) is 3.21. The number of ether oxygens (including phenoxy) is 1. The van der Waals surface area contributed by atoms with Gasteiger partial charge in [-0.15, -0.1) is 0 Å². The molecule has 0 spiro atoms. The number of hydrogen-bond acceptors (Lipinski definition) is 3. The lowest BCUT2D eigenvalue weighted by atomic mass is 9.96. The van der Waals surface area contributed by atoms with E-state index in [0.717, 1.165) is 41.6 Å². The molecule has 1 aliphatic carbocycles. The number of likely N-dealkylation sites (tertiary alicyclic amines) is 1. The lowest BCUT2D eigenvalue weighted by molar-refractivity contribution is -0.131. The van der Waals surface area contributed by atoms with Gasteiger partial charge >= 0.3 is 0 Å². The Morgan fingerprint density at radius 2 is 1.92 bits per heavy atom. The average molecular weight is 338 g/mol. The Labute approximate surface area is 148 Å².